The highest BCUT2D eigenvalue weighted by Gasteiger charge is 2.31. The molecule has 0 heterocycles. The Hall–Kier alpha value is -3.07. The van der Waals surface area contributed by atoms with Crippen LogP contribution in [0.4, 0.5) is 5.69 Å². The van der Waals surface area contributed by atoms with E-state index in [9.17, 15) is 18.0 Å². The van der Waals surface area contributed by atoms with E-state index in [1.165, 1.54) is 10.6 Å². The van der Waals surface area contributed by atoms with E-state index in [2.05, 4.69) is 5.32 Å². The highest BCUT2D eigenvalue weighted by Crippen LogP contribution is 2.26. The highest BCUT2D eigenvalue weighted by atomic mass is 35.5. The second-order valence-corrected chi connectivity index (χ2v) is 14.1. The molecule has 0 aliphatic heterocycles. The van der Waals surface area contributed by atoms with Crippen molar-refractivity contribution in [1.29, 1.82) is 0 Å². The number of aryl methyl sites for hydroxylation is 2. The Kier molecular flexibility index (Phi) is 12.5. The van der Waals surface area contributed by atoms with Gasteiger partial charge < -0.3 is 10.2 Å². The number of carbonyl (C=O) groups is 2. The first kappa shape index (κ1) is 34.4. The number of nitrogens with one attached hydrogen (secondary N) is 1. The lowest BCUT2D eigenvalue weighted by molar-refractivity contribution is -0.141. The van der Waals surface area contributed by atoms with E-state index in [0.717, 1.165) is 16.7 Å². The van der Waals surface area contributed by atoms with E-state index in [1.54, 1.807) is 23.1 Å². The highest BCUT2D eigenvalue weighted by molar-refractivity contribution is 7.92. The van der Waals surface area contributed by atoms with E-state index in [0.29, 0.717) is 34.3 Å². The van der Waals surface area contributed by atoms with Gasteiger partial charge in [0, 0.05) is 42.5 Å². The van der Waals surface area contributed by atoms with Gasteiger partial charge in [-0.1, -0.05) is 85.6 Å². The topological polar surface area (TPSA) is 86.8 Å². The van der Waals surface area contributed by atoms with E-state index in [1.807, 2.05) is 76.2 Å². The molecule has 0 bridgehead atoms. The van der Waals surface area contributed by atoms with Crippen LogP contribution in [0.15, 0.2) is 66.7 Å². The molecule has 7 nitrogen and oxygen atoms in total. The largest absolute Gasteiger partial charge is 0.354 e. The van der Waals surface area contributed by atoms with Crippen molar-refractivity contribution in [2.45, 2.75) is 59.5 Å². The van der Waals surface area contributed by atoms with Crippen LogP contribution in [0.3, 0.4) is 0 Å². The zero-order valence-corrected chi connectivity index (χ0v) is 27.8. The average Bonchev–Trinajstić information content (AvgIpc) is 2.94. The van der Waals surface area contributed by atoms with E-state index >= 15 is 0 Å². The molecule has 0 fully saturated rings. The molecule has 43 heavy (non-hydrogen) atoms. The SMILES string of the molecule is Cc1ccc(C)c(N(CCCC(=O)N(Cc2ccc(Cl)cc2Cl)[C@@H](Cc2ccccc2)C(=O)NCC(C)C)S(C)(=O)=O)c1. The van der Waals surface area contributed by atoms with Gasteiger partial charge in [0.2, 0.25) is 21.8 Å². The molecule has 10 heteroatoms. The van der Waals surface area contributed by atoms with Gasteiger partial charge in [0.05, 0.1) is 11.9 Å². The minimum absolute atomic E-state index is 0.0326. The molecule has 0 unspecified atom stereocenters. The molecule has 3 aromatic carbocycles. The smallest absolute Gasteiger partial charge is 0.243 e. The number of nitrogens with zero attached hydrogens (tertiary/aromatic N) is 2. The van der Waals surface area contributed by atoms with Gasteiger partial charge in [-0.05, 0) is 66.6 Å². The van der Waals surface area contributed by atoms with Gasteiger partial charge in [-0.2, -0.15) is 0 Å². The van der Waals surface area contributed by atoms with Crippen LogP contribution in [0, 0.1) is 19.8 Å². The van der Waals surface area contributed by atoms with Crippen LogP contribution in [0.2, 0.25) is 10.0 Å². The van der Waals surface area contributed by atoms with Crippen molar-refractivity contribution in [2.24, 2.45) is 5.92 Å². The predicted octanol–water partition coefficient (Wildman–Crippen LogP) is 6.57. The van der Waals surface area contributed by atoms with Crippen molar-refractivity contribution < 1.29 is 18.0 Å². The molecule has 0 spiro atoms. The number of amides is 2. The zero-order chi connectivity index (χ0) is 31.7. The van der Waals surface area contributed by atoms with E-state index < -0.39 is 16.1 Å². The van der Waals surface area contributed by atoms with E-state index in [4.69, 9.17) is 23.2 Å². The van der Waals surface area contributed by atoms with Gasteiger partial charge in [0.25, 0.3) is 0 Å². The minimum atomic E-state index is -3.61. The Bertz CT molecular complexity index is 1510. The summed E-state index contributed by atoms with van der Waals surface area (Å²) in [5.41, 5.74) is 3.92. The summed E-state index contributed by atoms with van der Waals surface area (Å²) in [5, 5.41) is 3.86. The lowest BCUT2D eigenvalue weighted by Gasteiger charge is -2.32. The third-order valence-corrected chi connectivity index (χ3v) is 8.86. The number of hydrogen-bond acceptors (Lipinski definition) is 4. The summed E-state index contributed by atoms with van der Waals surface area (Å²) in [5.74, 6) is -0.312. The lowest BCUT2D eigenvalue weighted by Crippen LogP contribution is -2.51. The molecular formula is C33H41Cl2N3O4S. The minimum Gasteiger partial charge on any atom is -0.354 e. The number of hydrogen-bond donors (Lipinski definition) is 1. The molecule has 3 aromatic rings. The standard InChI is InChI=1S/C33H41Cl2N3O4S/c1-23(2)21-36-33(40)31(19-26-10-7-6-8-11-26)37(22-27-15-16-28(34)20-29(27)35)32(39)12-9-17-38(43(5,41)42)30-18-24(3)13-14-25(30)4/h6-8,10-11,13-16,18,20,23,31H,9,12,17,19,21-22H2,1-5H3,(H,36,40)/t31-/m0/s1. The fraction of sp³-hybridized carbons (Fsp3) is 0.394. The summed E-state index contributed by atoms with van der Waals surface area (Å²) in [6.45, 7) is 8.46. The fourth-order valence-electron chi connectivity index (χ4n) is 4.78. The Morgan fingerprint density at radius 3 is 2.28 bits per heavy atom. The molecule has 2 amide bonds. The molecule has 0 aromatic heterocycles. The van der Waals surface area contributed by atoms with Gasteiger partial charge in [-0.15, -0.1) is 0 Å². The quantitative estimate of drug-likeness (QED) is 0.215. The van der Waals surface area contributed by atoms with Crippen LogP contribution in [0.5, 0.6) is 0 Å². The molecule has 0 saturated carbocycles. The molecule has 0 saturated heterocycles. The average molecular weight is 647 g/mol. The number of rotatable bonds is 14. The summed E-state index contributed by atoms with van der Waals surface area (Å²) in [4.78, 5) is 29.2. The molecule has 1 N–H and O–H groups in total. The lowest BCUT2D eigenvalue weighted by atomic mass is 10.0. The summed E-state index contributed by atoms with van der Waals surface area (Å²) < 4.78 is 26.9. The first-order valence-electron chi connectivity index (χ1n) is 14.4. The van der Waals surface area contributed by atoms with Crippen LogP contribution >= 0.6 is 23.2 Å². The van der Waals surface area contributed by atoms with Gasteiger partial charge in [0.15, 0.2) is 0 Å². The third kappa shape index (κ3) is 10.3. The maximum absolute atomic E-state index is 14.0. The zero-order valence-electron chi connectivity index (χ0n) is 25.4. The second kappa shape index (κ2) is 15.6. The number of halogens is 2. The molecule has 232 valence electrons. The van der Waals surface area contributed by atoms with Crippen molar-refractivity contribution in [2.75, 3.05) is 23.7 Å². The first-order valence-corrected chi connectivity index (χ1v) is 17.0. The van der Waals surface area contributed by atoms with Crippen LogP contribution < -0.4 is 9.62 Å². The van der Waals surface area contributed by atoms with Crippen LogP contribution in [0.1, 0.15) is 48.9 Å². The Morgan fingerprint density at radius 2 is 1.65 bits per heavy atom. The number of benzene rings is 3. The maximum atomic E-state index is 14.0. The third-order valence-electron chi connectivity index (χ3n) is 7.10. The summed E-state index contributed by atoms with van der Waals surface area (Å²) in [6.07, 6.45) is 1.76. The summed E-state index contributed by atoms with van der Waals surface area (Å²) in [6, 6.07) is 19.4. The summed E-state index contributed by atoms with van der Waals surface area (Å²) in [7, 11) is -3.61. The fourth-order valence-corrected chi connectivity index (χ4v) is 6.26. The molecule has 1 atom stereocenters. The second-order valence-electron chi connectivity index (χ2n) is 11.3. The Morgan fingerprint density at radius 1 is 0.953 bits per heavy atom. The van der Waals surface area contributed by atoms with Crippen molar-refractivity contribution in [3.8, 4) is 0 Å². The Balaban J connectivity index is 1.93. The van der Waals surface area contributed by atoms with Crippen molar-refractivity contribution in [1.82, 2.24) is 10.2 Å². The summed E-state index contributed by atoms with van der Waals surface area (Å²) >= 11 is 12.7. The van der Waals surface area contributed by atoms with Gasteiger partial charge >= 0.3 is 0 Å². The van der Waals surface area contributed by atoms with Crippen LogP contribution in [-0.2, 0) is 32.6 Å². The normalized spacial score (nSPS) is 12.2. The van der Waals surface area contributed by atoms with Gasteiger partial charge in [0.1, 0.15) is 6.04 Å². The number of sulfonamides is 1. The van der Waals surface area contributed by atoms with Crippen LogP contribution in [-0.4, -0.2) is 50.5 Å². The molecule has 0 aliphatic carbocycles. The molecule has 3 rings (SSSR count). The van der Waals surface area contributed by atoms with Gasteiger partial charge in [-0.25, -0.2) is 8.42 Å². The number of anilines is 1. The van der Waals surface area contributed by atoms with Crippen molar-refractivity contribution >= 4 is 50.7 Å². The first-order chi connectivity index (χ1) is 20.3. The molecule has 0 radical (unpaired) electrons. The molecule has 0 aliphatic rings. The van der Waals surface area contributed by atoms with Gasteiger partial charge in [-0.3, -0.25) is 13.9 Å². The Labute approximate surface area is 266 Å². The van der Waals surface area contributed by atoms with Crippen molar-refractivity contribution in [3.05, 3.63) is 99.0 Å². The van der Waals surface area contributed by atoms with E-state index in [-0.39, 0.29) is 43.7 Å². The number of carbonyl (C=O) groups excluding carboxylic acids is 2. The predicted molar refractivity (Wildman–Crippen MR) is 176 cm³/mol. The van der Waals surface area contributed by atoms with Crippen LogP contribution in [0.25, 0.3) is 0 Å². The monoisotopic (exact) mass is 645 g/mol. The van der Waals surface area contributed by atoms with Crippen molar-refractivity contribution in [3.63, 3.8) is 0 Å². The maximum Gasteiger partial charge on any atom is 0.243 e. The molecular weight excluding hydrogens is 605 g/mol.